The van der Waals surface area contributed by atoms with Gasteiger partial charge in [0.1, 0.15) is 5.82 Å². The highest BCUT2D eigenvalue weighted by atomic mass is 35.5. The van der Waals surface area contributed by atoms with Crippen LogP contribution in [0.5, 0.6) is 0 Å². The predicted octanol–water partition coefficient (Wildman–Crippen LogP) is 4.11. The van der Waals surface area contributed by atoms with E-state index in [1.54, 1.807) is 0 Å². The molecule has 0 spiro atoms. The van der Waals surface area contributed by atoms with Crippen LogP contribution in [-0.4, -0.2) is 23.5 Å². The Hall–Kier alpha value is -1.62. The summed E-state index contributed by atoms with van der Waals surface area (Å²) in [5.41, 5.74) is -0.402. The summed E-state index contributed by atoms with van der Waals surface area (Å²) in [6, 6.07) is 3.68. The third-order valence-electron chi connectivity index (χ3n) is 6.23. The molecule has 5 rings (SSSR count). The molecule has 1 atom stereocenters. The van der Waals surface area contributed by atoms with Gasteiger partial charge in [0.05, 0.1) is 5.56 Å². The molecule has 1 aromatic carbocycles. The van der Waals surface area contributed by atoms with Gasteiger partial charge < -0.3 is 10.1 Å². The summed E-state index contributed by atoms with van der Waals surface area (Å²) >= 11 is 5.81. The average Bonchev–Trinajstić information content (AvgIpc) is 2.55. The minimum Gasteiger partial charge on any atom is -0.449 e. The van der Waals surface area contributed by atoms with E-state index in [9.17, 15) is 14.0 Å². The van der Waals surface area contributed by atoms with Gasteiger partial charge in [-0.2, -0.15) is 0 Å². The van der Waals surface area contributed by atoms with Crippen LogP contribution in [0.2, 0.25) is 5.02 Å². The van der Waals surface area contributed by atoms with Crippen LogP contribution in [0.3, 0.4) is 0 Å². The number of carbonyl (C=O) groups is 2. The van der Waals surface area contributed by atoms with Gasteiger partial charge in [0.2, 0.25) is 0 Å². The SMILES string of the molecule is C[C@H](OC(=O)c1cc(Cl)ccc1F)C(=O)NC12CC3CC(CC(C3)C1)C2. The number of rotatable bonds is 4. The summed E-state index contributed by atoms with van der Waals surface area (Å²) in [6.45, 7) is 1.52. The maximum atomic E-state index is 13.8. The number of hydrogen-bond acceptors (Lipinski definition) is 3. The van der Waals surface area contributed by atoms with E-state index in [0.29, 0.717) is 17.8 Å². The maximum Gasteiger partial charge on any atom is 0.341 e. The van der Waals surface area contributed by atoms with E-state index in [-0.39, 0.29) is 22.0 Å². The van der Waals surface area contributed by atoms with E-state index < -0.39 is 17.9 Å². The molecule has 0 aliphatic heterocycles. The zero-order valence-corrected chi connectivity index (χ0v) is 15.5. The van der Waals surface area contributed by atoms with Crippen LogP contribution in [0.25, 0.3) is 0 Å². The maximum absolute atomic E-state index is 13.8. The van der Waals surface area contributed by atoms with Crippen molar-refractivity contribution in [1.29, 1.82) is 0 Å². The molecule has 6 heteroatoms. The Morgan fingerprint density at radius 1 is 1.19 bits per heavy atom. The van der Waals surface area contributed by atoms with Crippen LogP contribution in [0.4, 0.5) is 4.39 Å². The molecule has 140 valence electrons. The number of hydrogen-bond donors (Lipinski definition) is 1. The van der Waals surface area contributed by atoms with Gasteiger partial charge >= 0.3 is 5.97 Å². The van der Waals surface area contributed by atoms with Crippen molar-refractivity contribution in [1.82, 2.24) is 5.32 Å². The van der Waals surface area contributed by atoms with Gasteiger partial charge in [0.25, 0.3) is 5.91 Å². The number of esters is 1. The van der Waals surface area contributed by atoms with Crippen molar-refractivity contribution in [3.8, 4) is 0 Å². The van der Waals surface area contributed by atoms with Crippen LogP contribution in [0.1, 0.15) is 55.8 Å². The third-order valence-corrected chi connectivity index (χ3v) is 6.46. The fourth-order valence-corrected chi connectivity index (χ4v) is 5.73. The zero-order valence-electron chi connectivity index (χ0n) is 14.8. The van der Waals surface area contributed by atoms with E-state index in [4.69, 9.17) is 16.3 Å². The molecule has 4 aliphatic carbocycles. The van der Waals surface area contributed by atoms with Gasteiger partial charge in [-0.15, -0.1) is 0 Å². The van der Waals surface area contributed by atoms with Crippen molar-refractivity contribution in [2.75, 3.05) is 0 Å². The van der Waals surface area contributed by atoms with Crippen molar-refractivity contribution in [3.63, 3.8) is 0 Å². The highest BCUT2D eigenvalue weighted by Gasteiger charge is 2.51. The second kappa shape index (κ2) is 6.52. The summed E-state index contributed by atoms with van der Waals surface area (Å²) in [6.07, 6.45) is 5.94. The summed E-state index contributed by atoms with van der Waals surface area (Å²) in [5.74, 6) is 0.230. The van der Waals surface area contributed by atoms with E-state index >= 15 is 0 Å². The van der Waals surface area contributed by atoms with E-state index in [0.717, 1.165) is 25.3 Å². The highest BCUT2D eigenvalue weighted by Crippen LogP contribution is 2.55. The largest absolute Gasteiger partial charge is 0.449 e. The molecule has 1 N–H and O–H groups in total. The average molecular weight is 380 g/mol. The first-order chi connectivity index (χ1) is 12.3. The zero-order chi connectivity index (χ0) is 18.5. The normalized spacial score (nSPS) is 33.0. The molecule has 0 saturated heterocycles. The molecule has 0 heterocycles. The summed E-state index contributed by atoms with van der Waals surface area (Å²) in [7, 11) is 0. The van der Waals surface area contributed by atoms with Crippen LogP contribution < -0.4 is 5.32 Å². The van der Waals surface area contributed by atoms with Crippen LogP contribution in [0, 0.1) is 23.6 Å². The van der Waals surface area contributed by atoms with Crippen molar-refractivity contribution in [3.05, 3.63) is 34.6 Å². The number of nitrogens with one attached hydrogen (secondary N) is 1. The van der Waals surface area contributed by atoms with Gasteiger partial charge in [-0.25, -0.2) is 9.18 Å². The molecular weight excluding hydrogens is 357 g/mol. The Kier molecular flexibility index (Phi) is 4.46. The molecular formula is C20H23ClFNO3. The van der Waals surface area contributed by atoms with Crippen LogP contribution in [-0.2, 0) is 9.53 Å². The van der Waals surface area contributed by atoms with Crippen LogP contribution in [0.15, 0.2) is 18.2 Å². The first-order valence-electron chi connectivity index (χ1n) is 9.31. The molecule has 4 aliphatic rings. The van der Waals surface area contributed by atoms with Gasteiger partial charge in [-0.05, 0) is 81.4 Å². The highest BCUT2D eigenvalue weighted by molar-refractivity contribution is 6.30. The molecule has 4 saturated carbocycles. The lowest BCUT2D eigenvalue weighted by Crippen LogP contribution is -2.61. The lowest BCUT2D eigenvalue weighted by atomic mass is 9.53. The Balaban J connectivity index is 1.41. The first-order valence-corrected chi connectivity index (χ1v) is 9.69. The summed E-state index contributed by atoms with van der Waals surface area (Å²) < 4.78 is 19.0. The standard InChI is InChI=1S/C20H23ClFNO3/c1-11(26-19(25)16-7-15(21)2-3-17(16)22)18(24)23-20-8-12-4-13(9-20)6-14(5-12)10-20/h2-3,7,11-14H,4-6,8-10H2,1H3,(H,23,24)/t11-,12?,13?,14?,20?/m0/s1. The molecule has 4 fully saturated rings. The molecule has 1 aromatic rings. The smallest absolute Gasteiger partial charge is 0.341 e. The quantitative estimate of drug-likeness (QED) is 0.801. The molecule has 1 amide bonds. The molecule has 4 bridgehead atoms. The topological polar surface area (TPSA) is 55.4 Å². The number of halogens is 2. The molecule has 0 radical (unpaired) electrons. The Labute approximate surface area is 157 Å². The minimum atomic E-state index is -0.978. The van der Waals surface area contributed by atoms with Crippen LogP contribution >= 0.6 is 11.6 Å². The van der Waals surface area contributed by atoms with Gasteiger partial charge in [0, 0.05) is 10.6 Å². The van der Waals surface area contributed by atoms with Crippen molar-refractivity contribution in [2.24, 2.45) is 17.8 Å². The number of carbonyl (C=O) groups excluding carboxylic acids is 2. The van der Waals surface area contributed by atoms with Gasteiger partial charge in [-0.3, -0.25) is 4.79 Å². The monoisotopic (exact) mass is 379 g/mol. The fraction of sp³-hybridized carbons (Fsp3) is 0.600. The van der Waals surface area contributed by atoms with Crippen molar-refractivity contribution < 1.29 is 18.7 Å². The van der Waals surface area contributed by atoms with E-state index in [1.165, 1.54) is 38.3 Å². The second-order valence-electron chi connectivity index (χ2n) is 8.36. The predicted molar refractivity (Wildman–Crippen MR) is 95.3 cm³/mol. The molecule has 0 aromatic heterocycles. The van der Waals surface area contributed by atoms with Crippen molar-refractivity contribution >= 4 is 23.5 Å². The number of amides is 1. The Morgan fingerprint density at radius 3 is 2.35 bits per heavy atom. The molecule has 26 heavy (non-hydrogen) atoms. The summed E-state index contributed by atoms with van der Waals surface area (Å²) in [5, 5.41) is 3.41. The number of ether oxygens (including phenoxy) is 1. The van der Waals surface area contributed by atoms with Gasteiger partial charge in [-0.1, -0.05) is 11.6 Å². The first kappa shape index (κ1) is 17.8. The lowest BCUT2D eigenvalue weighted by molar-refractivity contribution is -0.134. The fourth-order valence-electron chi connectivity index (χ4n) is 5.56. The minimum absolute atomic E-state index is 0.145. The van der Waals surface area contributed by atoms with Gasteiger partial charge in [0.15, 0.2) is 6.10 Å². The molecule has 4 nitrogen and oxygen atoms in total. The lowest BCUT2D eigenvalue weighted by Gasteiger charge is -2.57. The Bertz CT molecular complexity index is 715. The summed E-state index contributed by atoms with van der Waals surface area (Å²) in [4.78, 5) is 24.8. The second-order valence-corrected chi connectivity index (χ2v) is 8.80. The third kappa shape index (κ3) is 3.34. The molecule has 0 unspecified atom stereocenters. The Morgan fingerprint density at radius 2 is 1.77 bits per heavy atom. The van der Waals surface area contributed by atoms with E-state index in [1.807, 2.05) is 0 Å². The van der Waals surface area contributed by atoms with Crippen molar-refractivity contribution in [2.45, 2.75) is 57.1 Å². The number of benzene rings is 1. The van der Waals surface area contributed by atoms with E-state index in [2.05, 4.69) is 5.32 Å².